The molecule has 0 unspecified atom stereocenters. The van der Waals surface area contributed by atoms with Gasteiger partial charge in [-0.3, -0.25) is 9.71 Å². The molecule has 9 heteroatoms. The van der Waals surface area contributed by atoms with E-state index in [1.165, 1.54) is 0 Å². The monoisotopic (exact) mass is 307 g/mol. The van der Waals surface area contributed by atoms with Crippen LogP contribution in [0.4, 0.5) is 10.8 Å². The van der Waals surface area contributed by atoms with Gasteiger partial charge in [-0.1, -0.05) is 17.4 Å². The Morgan fingerprint density at radius 2 is 2.00 bits per heavy atom. The summed E-state index contributed by atoms with van der Waals surface area (Å²) in [5.41, 5.74) is 6.54. The smallest absolute Gasteiger partial charge is 0.291 e. The zero-order valence-electron chi connectivity index (χ0n) is 10.0. The zero-order valence-corrected chi connectivity index (χ0v) is 11.6. The average Bonchev–Trinajstić information content (AvgIpc) is 2.86. The quantitative estimate of drug-likeness (QED) is 0.758. The molecule has 0 aliphatic rings. The second-order valence-electron chi connectivity index (χ2n) is 3.89. The van der Waals surface area contributed by atoms with Gasteiger partial charge >= 0.3 is 0 Å². The highest BCUT2D eigenvalue weighted by Gasteiger charge is 2.20. The third kappa shape index (κ3) is 2.28. The van der Waals surface area contributed by atoms with Crippen molar-refractivity contribution >= 4 is 43.1 Å². The summed E-state index contributed by atoms with van der Waals surface area (Å²) in [5.74, 6) is 0. The largest absolute Gasteiger partial charge is 0.374 e. The summed E-state index contributed by atoms with van der Waals surface area (Å²) in [6.07, 6.45) is 1.64. The number of fused-ring (bicyclic) bond motifs is 1. The lowest BCUT2D eigenvalue weighted by molar-refractivity contribution is 0.599. The number of nitrogens with one attached hydrogen (secondary N) is 1. The molecule has 0 atom stereocenters. The Balaban J connectivity index is 2.05. The van der Waals surface area contributed by atoms with Crippen LogP contribution in [0.2, 0.25) is 0 Å². The van der Waals surface area contributed by atoms with Crippen molar-refractivity contribution in [2.24, 2.45) is 0 Å². The molecule has 102 valence electrons. The van der Waals surface area contributed by atoms with Gasteiger partial charge in [0.05, 0.1) is 11.2 Å². The number of hydrogen-bond donors (Lipinski definition) is 2. The summed E-state index contributed by atoms with van der Waals surface area (Å²) in [4.78, 5) is 4.17. The van der Waals surface area contributed by atoms with Gasteiger partial charge in [0.25, 0.3) is 14.4 Å². The molecule has 3 aromatic rings. The van der Waals surface area contributed by atoms with E-state index in [1.54, 1.807) is 36.5 Å². The van der Waals surface area contributed by atoms with Gasteiger partial charge in [-0.25, -0.2) is 0 Å². The Bertz CT molecular complexity index is 870. The van der Waals surface area contributed by atoms with Crippen LogP contribution in [-0.4, -0.2) is 23.6 Å². The second-order valence-corrected chi connectivity index (χ2v) is 6.75. The van der Waals surface area contributed by atoms with Crippen LogP contribution in [-0.2, 0) is 10.0 Å². The highest BCUT2D eigenvalue weighted by Crippen LogP contribution is 2.25. The lowest BCUT2D eigenvalue weighted by Crippen LogP contribution is -2.13. The van der Waals surface area contributed by atoms with Crippen LogP contribution in [0, 0.1) is 0 Å². The highest BCUT2D eigenvalue weighted by atomic mass is 32.2. The minimum atomic E-state index is -3.80. The van der Waals surface area contributed by atoms with Crippen LogP contribution in [0.3, 0.4) is 0 Å². The molecular formula is C11H9N5O2S2. The standard InChI is InChI=1S/C11H9N5O2S2/c12-10-14-15-11(19-10)20(17,18)16-9-5-1-4-8-7(9)3-2-6-13-8/h1-6,16H,(H2,12,14). The van der Waals surface area contributed by atoms with Crippen molar-refractivity contribution in [3.05, 3.63) is 36.5 Å². The van der Waals surface area contributed by atoms with Crippen LogP contribution >= 0.6 is 11.3 Å². The van der Waals surface area contributed by atoms with Crippen LogP contribution in [0.5, 0.6) is 0 Å². The minimum Gasteiger partial charge on any atom is -0.374 e. The van der Waals surface area contributed by atoms with Crippen molar-refractivity contribution in [1.29, 1.82) is 0 Å². The number of benzene rings is 1. The van der Waals surface area contributed by atoms with Gasteiger partial charge in [-0.05, 0) is 24.3 Å². The summed E-state index contributed by atoms with van der Waals surface area (Å²) in [7, 11) is -3.80. The van der Waals surface area contributed by atoms with Gasteiger partial charge in [-0.2, -0.15) is 8.42 Å². The first-order valence-corrected chi connectivity index (χ1v) is 7.82. The molecule has 2 aromatic heterocycles. The van der Waals surface area contributed by atoms with Gasteiger partial charge < -0.3 is 5.73 Å². The van der Waals surface area contributed by atoms with Gasteiger partial charge in [-0.15, -0.1) is 10.2 Å². The molecule has 20 heavy (non-hydrogen) atoms. The molecule has 0 aliphatic heterocycles. The molecule has 0 radical (unpaired) electrons. The maximum absolute atomic E-state index is 12.2. The van der Waals surface area contributed by atoms with E-state index in [4.69, 9.17) is 5.73 Å². The molecule has 0 saturated carbocycles. The van der Waals surface area contributed by atoms with Crippen molar-refractivity contribution in [2.75, 3.05) is 10.5 Å². The lowest BCUT2D eigenvalue weighted by atomic mass is 10.2. The van der Waals surface area contributed by atoms with Gasteiger partial charge in [0.2, 0.25) is 5.13 Å². The molecule has 0 saturated heterocycles. The molecule has 7 nitrogen and oxygen atoms in total. The minimum absolute atomic E-state index is 0.102. The predicted octanol–water partition coefficient (Wildman–Crippen LogP) is 1.47. The third-order valence-electron chi connectivity index (χ3n) is 2.54. The van der Waals surface area contributed by atoms with Crippen LogP contribution in [0.1, 0.15) is 0 Å². The van der Waals surface area contributed by atoms with Gasteiger partial charge in [0.15, 0.2) is 0 Å². The Morgan fingerprint density at radius 1 is 1.15 bits per heavy atom. The van der Waals surface area contributed by atoms with E-state index in [9.17, 15) is 8.42 Å². The lowest BCUT2D eigenvalue weighted by Gasteiger charge is -2.07. The molecule has 2 heterocycles. The first-order chi connectivity index (χ1) is 9.56. The number of hydrogen-bond acceptors (Lipinski definition) is 7. The number of rotatable bonds is 3. The fourth-order valence-electron chi connectivity index (χ4n) is 1.71. The van der Waals surface area contributed by atoms with E-state index in [2.05, 4.69) is 19.9 Å². The number of nitrogen functional groups attached to an aromatic ring is 1. The zero-order chi connectivity index (χ0) is 14.2. The first-order valence-electron chi connectivity index (χ1n) is 5.52. The summed E-state index contributed by atoms with van der Waals surface area (Å²) >= 11 is 0.809. The molecule has 3 N–H and O–H groups in total. The number of aromatic nitrogens is 3. The van der Waals surface area contributed by atoms with Crippen LogP contribution in [0.15, 0.2) is 40.9 Å². The third-order valence-corrected chi connectivity index (χ3v) is 5.03. The summed E-state index contributed by atoms with van der Waals surface area (Å²) < 4.78 is 26.7. The van der Waals surface area contributed by atoms with E-state index in [-0.39, 0.29) is 9.47 Å². The number of nitrogens with zero attached hydrogens (tertiary/aromatic N) is 3. The molecule has 0 amide bonds. The van der Waals surface area contributed by atoms with Crippen LogP contribution < -0.4 is 10.5 Å². The van der Waals surface area contributed by atoms with E-state index in [0.29, 0.717) is 16.6 Å². The normalized spacial score (nSPS) is 11.6. The number of sulfonamides is 1. The molecule has 0 bridgehead atoms. The summed E-state index contributed by atoms with van der Waals surface area (Å²) in [6, 6.07) is 8.71. The number of anilines is 2. The maximum Gasteiger partial charge on any atom is 0.291 e. The van der Waals surface area contributed by atoms with E-state index >= 15 is 0 Å². The number of nitrogens with two attached hydrogens (primary N) is 1. The Kier molecular flexibility index (Phi) is 2.99. The molecule has 0 spiro atoms. The van der Waals surface area contributed by atoms with Crippen LogP contribution in [0.25, 0.3) is 10.9 Å². The van der Waals surface area contributed by atoms with Gasteiger partial charge in [0.1, 0.15) is 0 Å². The van der Waals surface area contributed by atoms with Crippen molar-refractivity contribution in [3.63, 3.8) is 0 Å². The van der Waals surface area contributed by atoms with Crippen molar-refractivity contribution in [2.45, 2.75) is 4.34 Å². The SMILES string of the molecule is Nc1nnc(S(=O)(=O)Nc2cccc3ncccc23)s1. The van der Waals surface area contributed by atoms with E-state index in [1.807, 2.05) is 0 Å². The Morgan fingerprint density at radius 3 is 2.75 bits per heavy atom. The predicted molar refractivity (Wildman–Crippen MR) is 76.9 cm³/mol. The molecule has 0 fully saturated rings. The average molecular weight is 307 g/mol. The first kappa shape index (κ1) is 12.8. The van der Waals surface area contributed by atoms with E-state index < -0.39 is 10.0 Å². The van der Waals surface area contributed by atoms with Crippen molar-refractivity contribution in [3.8, 4) is 0 Å². The highest BCUT2D eigenvalue weighted by molar-refractivity contribution is 7.94. The van der Waals surface area contributed by atoms with E-state index in [0.717, 1.165) is 11.3 Å². The van der Waals surface area contributed by atoms with Crippen molar-refractivity contribution < 1.29 is 8.42 Å². The molecular weight excluding hydrogens is 298 g/mol. The fraction of sp³-hybridized carbons (Fsp3) is 0. The van der Waals surface area contributed by atoms with Crippen molar-refractivity contribution in [1.82, 2.24) is 15.2 Å². The summed E-state index contributed by atoms with van der Waals surface area (Å²) in [5, 5.41) is 7.85. The fourth-order valence-corrected chi connectivity index (χ4v) is 3.58. The topological polar surface area (TPSA) is 111 Å². The maximum atomic E-state index is 12.2. The molecule has 3 rings (SSSR count). The van der Waals surface area contributed by atoms with Gasteiger partial charge in [0, 0.05) is 11.6 Å². The Labute approximate surface area is 118 Å². The second kappa shape index (κ2) is 4.69. The Hall–Kier alpha value is -2.26. The number of pyridine rings is 1. The molecule has 0 aliphatic carbocycles. The molecule has 1 aromatic carbocycles. The summed E-state index contributed by atoms with van der Waals surface area (Å²) in [6.45, 7) is 0.